The summed E-state index contributed by atoms with van der Waals surface area (Å²) >= 11 is 0. The van der Waals surface area contributed by atoms with Crippen molar-refractivity contribution in [1.82, 2.24) is 5.32 Å². The number of nitrogens with one attached hydrogen (secondary N) is 1. The molecule has 0 amide bonds. The van der Waals surface area contributed by atoms with Crippen LogP contribution in [0.1, 0.15) is 27.2 Å². The summed E-state index contributed by atoms with van der Waals surface area (Å²) in [4.78, 5) is 12.1. The maximum absolute atomic E-state index is 12.1. The Kier molecular flexibility index (Phi) is 3.67. The van der Waals surface area contributed by atoms with Gasteiger partial charge in [0.05, 0.1) is 6.10 Å². The standard InChI is InChI=1S/C11H21NO2/c1-11(2,3)10(13)8-5-6-12-7-9(8)14-4/h8-9,12H,5-7H2,1-4H3. The van der Waals surface area contributed by atoms with Crippen LogP contribution in [0.15, 0.2) is 0 Å². The van der Waals surface area contributed by atoms with E-state index in [-0.39, 0.29) is 17.4 Å². The molecule has 1 fully saturated rings. The van der Waals surface area contributed by atoms with E-state index >= 15 is 0 Å². The molecule has 0 aliphatic carbocycles. The van der Waals surface area contributed by atoms with Gasteiger partial charge >= 0.3 is 0 Å². The largest absolute Gasteiger partial charge is 0.379 e. The van der Waals surface area contributed by atoms with E-state index in [0.29, 0.717) is 5.78 Å². The lowest BCUT2D eigenvalue weighted by atomic mass is 9.78. The van der Waals surface area contributed by atoms with Crippen LogP contribution in [0.3, 0.4) is 0 Å². The van der Waals surface area contributed by atoms with Crippen LogP contribution < -0.4 is 5.32 Å². The summed E-state index contributed by atoms with van der Waals surface area (Å²) < 4.78 is 5.34. The number of rotatable bonds is 2. The molecule has 3 nitrogen and oxygen atoms in total. The molecule has 0 aromatic heterocycles. The molecular formula is C11H21NO2. The maximum Gasteiger partial charge on any atom is 0.143 e. The van der Waals surface area contributed by atoms with E-state index in [1.165, 1.54) is 0 Å². The third kappa shape index (κ3) is 2.55. The van der Waals surface area contributed by atoms with Crippen LogP contribution in [-0.4, -0.2) is 32.1 Å². The molecule has 1 aliphatic heterocycles. The van der Waals surface area contributed by atoms with Crippen LogP contribution in [0.5, 0.6) is 0 Å². The molecule has 0 saturated carbocycles. The van der Waals surface area contributed by atoms with Gasteiger partial charge in [-0.3, -0.25) is 4.79 Å². The summed E-state index contributed by atoms with van der Waals surface area (Å²) in [5.74, 6) is 0.395. The minimum absolute atomic E-state index is 0.0514. The van der Waals surface area contributed by atoms with Gasteiger partial charge in [0.2, 0.25) is 0 Å². The molecule has 0 bridgehead atoms. The maximum atomic E-state index is 12.1. The Morgan fingerprint density at radius 3 is 2.57 bits per heavy atom. The first-order valence-corrected chi connectivity index (χ1v) is 5.24. The molecule has 0 spiro atoms. The highest BCUT2D eigenvalue weighted by molar-refractivity contribution is 5.86. The summed E-state index contributed by atoms with van der Waals surface area (Å²) in [6.07, 6.45) is 0.949. The van der Waals surface area contributed by atoms with Gasteiger partial charge < -0.3 is 10.1 Å². The fourth-order valence-electron chi connectivity index (χ4n) is 1.93. The van der Waals surface area contributed by atoms with Gasteiger partial charge in [-0.2, -0.15) is 0 Å². The predicted molar refractivity (Wildman–Crippen MR) is 56.2 cm³/mol. The first kappa shape index (κ1) is 11.7. The lowest BCUT2D eigenvalue weighted by molar-refractivity contribution is -0.136. The van der Waals surface area contributed by atoms with Crippen molar-refractivity contribution in [3.05, 3.63) is 0 Å². The van der Waals surface area contributed by atoms with Gasteiger partial charge in [-0.25, -0.2) is 0 Å². The molecule has 82 valence electrons. The van der Waals surface area contributed by atoms with Crippen molar-refractivity contribution in [1.29, 1.82) is 0 Å². The third-order valence-electron chi connectivity index (χ3n) is 2.81. The summed E-state index contributed by atoms with van der Waals surface area (Å²) in [6, 6.07) is 0. The zero-order chi connectivity index (χ0) is 10.8. The van der Waals surface area contributed by atoms with Crippen LogP contribution >= 0.6 is 0 Å². The van der Waals surface area contributed by atoms with E-state index in [9.17, 15) is 4.79 Å². The molecule has 2 unspecified atom stereocenters. The number of hydrogen-bond donors (Lipinski definition) is 1. The molecule has 1 N–H and O–H groups in total. The summed E-state index contributed by atoms with van der Waals surface area (Å²) in [5, 5.41) is 3.24. The number of ketones is 1. The highest BCUT2D eigenvalue weighted by atomic mass is 16.5. The van der Waals surface area contributed by atoms with Crippen LogP contribution in [-0.2, 0) is 9.53 Å². The average Bonchev–Trinajstić information content (AvgIpc) is 2.15. The fourth-order valence-corrected chi connectivity index (χ4v) is 1.93. The van der Waals surface area contributed by atoms with E-state index in [1.54, 1.807) is 7.11 Å². The predicted octanol–water partition coefficient (Wildman–Crippen LogP) is 1.23. The van der Waals surface area contributed by atoms with Crippen LogP contribution in [0, 0.1) is 11.3 Å². The molecule has 0 aromatic carbocycles. The molecular weight excluding hydrogens is 178 g/mol. The number of carbonyl (C=O) groups excluding carboxylic acids is 1. The molecule has 3 heteroatoms. The Morgan fingerprint density at radius 2 is 2.07 bits per heavy atom. The molecule has 0 aromatic rings. The summed E-state index contributed by atoms with van der Waals surface area (Å²) in [5.41, 5.74) is -0.251. The van der Waals surface area contributed by atoms with Gasteiger partial charge in [-0.15, -0.1) is 0 Å². The molecule has 1 rings (SSSR count). The number of piperidine rings is 1. The molecule has 1 heterocycles. The first-order valence-electron chi connectivity index (χ1n) is 5.24. The quantitative estimate of drug-likeness (QED) is 0.727. The molecule has 0 radical (unpaired) electrons. The van der Waals surface area contributed by atoms with Crippen LogP contribution in [0.2, 0.25) is 0 Å². The Labute approximate surface area is 86.2 Å². The van der Waals surface area contributed by atoms with Gasteiger partial charge in [-0.1, -0.05) is 20.8 Å². The lowest BCUT2D eigenvalue weighted by Gasteiger charge is -2.33. The Bertz CT molecular complexity index is 208. The highest BCUT2D eigenvalue weighted by Gasteiger charge is 2.36. The number of carbonyl (C=O) groups is 1. The van der Waals surface area contributed by atoms with Crippen molar-refractivity contribution in [3.8, 4) is 0 Å². The zero-order valence-electron chi connectivity index (χ0n) is 9.59. The van der Waals surface area contributed by atoms with Crippen molar-refractivity contribution in [2.24, 2.45) is 11.3 Å². The van der Waals surface area contributed by atoms with Gasteiger partial charge in [0, 0.05) is 25.0 Å². The summed E-state index contributed by atoms with van der Waals surface area (Å²) in [7, 11) is 1.68. The number of ether oxygens (including phenoxy) is 1. The monoisotopic (exact) mass is 199 g/mol. The number of hydrogen-bond acceptors (Lipinski definition) is 3. The second-order valence-electron chi connectivity index (χ2n) is 4.99. The normalized spacial score (nSPS) is 28.9. The van der Waals surface area contributed by atoms with Crippen molar-refractivity contribution in [2.75, 3.05) is 20.2 Å². The number of methoxy groups -OCH3 is 1. The van der Waals surface area contributed by atoms with Gasteiger partial charge in [0.15, 0.2) is 0 Å². The van der Waals surface area contributed by atoms with Crippen molar-refractivity contribution in [3.63, 3.8) is 0 Å². The number of Topliss-reactive ketones (excluding diaryl/α,β-unsaturated/α-hetero) is 1. The van der Waals surface area contributed by atoms with Crippen molar-refractivity contribution < 1.29 is 9.53 Å². The minimum Gasteiger partial charge on any atom is -0.379 e. The van der Waals surface area contributed by atoms with E-state index in [4.69, 9.17) is 4.74 Å². The summed E-state index contributed by atoms with van der Waals surface area (Å²) in [6.45, 7) is 7.65. The Morgan fingerprint density at radius 1 is 1.43 bits per heavy atom. The zero-order valence-corrected chi connectivity index (χ0v) is 9.59. The second kappa shape index (κ2) is 4.41. The van der Waals surface area contributed by atoms with E-state index in [1.807, 2.05) is 20.8 Å². The smallest absolute Gasteiger partial charge is 0.143 e. The fraction of sp³-hybridized carbons (Fsp3) is 0.909. The van der Waals surface area contributed by atoms with Crippen LogP contribution in [0.4, 0.5) is 0 Å². The van der Waals surface area contributed by atoms with Gasteiger partial charge in [-0.05, 0) is 13.0 Å². The van der Waals surface area contributed by atoms with E-state index in [2.05, 4.69) is 5.32 Å². The topological polar surface area (TPSA) is 38.3 Å². The SMILES string of the molecule is COC1CNCCC1C(=O)C(C)(C)C. The molecule has 1 aliphatic rings. The second-order valence-corrected chi connectivity index (χ2v) is 4.99. The Balaban J connectivity index is 2.69. The molecule has 2 atom stereocenters. The first-order chi connectivity index (χ1) is 6.46. The highest BCUT2D eigenvalue weighted by Crippen LogP contribution is 2.26. The third-order valence-corrected chi connectivity index (χ3v) is 2.81. The Hall–Kier alpha value is -0.410. The molecule has 14 heavy (non-hydrogen) atoms. The lowest BCUT2D eigenvalue weighted by Crippen LogP contribution is -2.47. The average molecular weight is 199 g/mol. The van der Waals surface area contributed by atoms with Gasteiger partial charge in [0.1, 0.15) is 5.78 Å². The van der Waals surface area contributed by atoms with E-state index < -0.39 is 0 Å². The van der Waals surface area contributed by atoms with Gasteiger partial charge in [0.25, 0.3) is 0 Å². The minimum atomic E-state index is -0.251. The van der Waals surface area contributed by atoms with Crippen molar-refractivity contribution in [2.45, 2.75) is 33.3 Å². The molecule has 1 saturated heterocycles. The van der Waals surface area contributed by atoms with Crippen LogP contribution in [0.25, 0.3) is 0 Å². The van der Waals surface area contributed by atoms with E-state index in [0.717, 1.165) is 19.5 Å². The van der Waals surface area contributed by atoms with Crippen molar-refractivity contribution >= 4 is 5.78 Å².